The number of hydrogen-bond acceptors (Lipinski definition) is 3. The van der Waals surface area contributed by atoms with Crippen LogP contribution in [0, 0.1) is 5.41 Å². The fourth-order valence-electron chi connectivity index (χ4n) is 3.69. The van der Waals surface area contributed by atoms with E-state index in [-0.39, 0.29) is 0 Å². The molecule has 100 valence electrons. The highest BCUT2D eigenvalue weighted by Gasteiger charge is 2.45. The minimum atomic E-state index is 0.382. The summed E-state index contributed by atoms with van der Waals surface area (Å²) in [6, 6.07) is 1.84. The predicted molar refractivity (Wildman–Crippen MR) is 71.2 cm³/mol. The Morgan fingerprint density at radius 3 is 2.65 bits per heavy atom. The van der Waals surface area contributed by atoms with Gasteiger partial charge in [-0.05, 0) is 39.2 Å². The molecule has 1 saturated heterocycles. The summed E-state index contributed by atoms with van der Waals surface area (Å²) in [5.41, 5.74) is 0.417. The lowest BCUT2D eigenvalue weighted by Gasteiger charge is -2.44. The summed E-state index contributed by atoms with van der Waals surface area (Å²) in [7, 11) is 2.11. The zero-order valence-electron chi connectivity index (χ0n) is 12.0. The van der Waals surface area contributed by atoms with Crippen molar-refractivity contribution in [1.82, 2.24) is 10.2 Å². The average molecular weight is 240 g/mol. The molecule has 2 aliphatic rings. The summed E-state index contributed by atoms with van der Waals surface area (Å²) in [5, 5.41) is 3.55. The van der Waals surface area contributed by atoms with Crippen LogP contribution in [-0.4, -0.2) is 49.3 Å². The van der Waals surface area contributed by atoms with Gasteiger partial charge in [0.1, 0.15) is 0 Å². The molecule has 3 heteroatoms. The molecule has 3 nitrogen and oxygen atoms in total. The fourth-order valence-corrected chi connectivity index (χ4v) is 3.69. The molecular formula is C14H28N2O. The molecule has 0 spiro atoms. The van der Waals surface area contributed by atoms with E-state index in [1.165, 1.54) is 12.8 Å². The highest BCUT2D eigenvalue weighted by atomic mass is 16.5. The summed E-state index contributed by atoms with van der Waals surface area (Å²) in [6.07, 6.45) is 3.02. The number of nitrogens with zero attached hydrogens (tertiary/aromatic N) is 1. The number of rotatable bonds is 2. The highest BCUT2D eigenvalue weighted by molar-refractivity contribution is 5.02. The van der Waals surface area contributed by atoms with E-state index in [1.54, 1.807) is 0 Å². The minimum absolute atomic E-state index is 0.382. The van der Waals surface area contributed by atoms with Gasteiger partial charge in [0, 0.05) is 24.7 Å². The second-order valence-corrected chi connectivity index (χ2v) is 6.55. The number of morpholine rings is 1. The average Bonchev–Trinajstić information content (AvgIpc) is 2.57. The van der Waals surface area contributed by atoms with Crippen LogP contribution in [0.2, 0.25) is 0 Å². The maximum Gasteiger partial charge on any atom is 0.0674 e. The first kappa shape index (κ1) is 13.3. The van der Waals surface area contributed by atoms with Gasteiger partial charge in [0.05, 0.1) is 12.7 Å². The maximum atomic E-state index is 5.74. The number of ether oxygens (including phenoxy) is 1. The fraction of sp³-hybridized carbons (Fsp3) is 1.00. The van der Waals surface area contributed by atoms with Crippen LogP contribution < -0.4 is 5.32 Å². The molecule has 1 heterocycles. The molecule has 4 atom stereocenters. The Hall–Kier alpha value is -0.120. The summed E-state index contributed by atoms with van der Waals surface area (Å²) in [5.74, 6) is 0. The zero-order chi connectivity index (χ0) is 12.6. The van der Waals surface area contributed by atoms with Crippen molar-refractivity contribution in [3.63, 3.8) is 0 Å². The van der Waals surface area contributed by atoms with Gasteiger partial charge in [-0.1, -0.05) is 13.8 Å². The normalized spacial score (nSPS) is 42.9. The standard InChI is InChI=1S/C14H28N2O/c1-10-9-17-11(2)8-16(10)12-6-7-14(3,4)13(12)15-5/h10-13,15H,6-9H2,1-5H3. The number of hydrogen-bond donors (Lipinski definition) is 1. The molecule has 4 unspecified atom stereocenters. The maximum absolute atomic E-state index is 5.74. The molecule has 0 amide bonds. The van der Waals surface area contributed by atoms with Crippen molar-refractivity contribution in [2.75, 3.05) is 20.2 Å². The van der Waals surface area contributed by atoms with Crippen LogP contribution in [0.3, 0.4) is 0 Å². The highest BCUT2D eigenvalue weighted by Crippen LogP contribution is 2.40. The molecule has 1 N–H and O–H groups in total. The van der Waals surface area contributed by atoms with E-state index in [2.05, 4.69) is 45.0 Å². The molecule has 17 heavy (non-hydrogen) atoms. The van der Waals surface area contributed by atoms with Gasteiger partial charge in [0.15, 0.2) is 0 Å². The van der Waals surface area contributed by atoms with Gasteiger partial charge in [-0.25, -0.2) is 0 Å². The summed E-state index contributed by atoms with van der Waals surface area (Å²) >= 11 is 0. The van der Waals surface area contributed by atoms with Crippen LogP contribution in [0.5, 0.6) is 0 Å². The molecule has 1 aliphatic carbocycles. The molecule has 0 aromatic carbocycles. The van der Waals surface area contributed by atoms with Gasteiger partial charge >= 0.3 is 0 Å². The lowest BCUT2D eigenvalue weighted by Crippen LogP contribution is -2.58. The van der Waals surface area contributed by atoms with E-state index >= 15 is 0 Å². The van der Waals surface area contributed by atoms with Gasteiger partial charge in [-0.15, -0.1) is 0 Å². The van der Waals surface area contributed by atoms with Crippen molar-refractivity contribution < 1.29 is 4.74 Å². The molecule has 0 aromatic rings. The van der Waals surface area contributed by atoms with Crippen LogP contribution in [0.1, 0.15) is 40.5 Å². The van der Waals surface area contributed by atoms with Crippen molar-refractivity contribution in [3.05, 3.63) is 0 Å². The lowest BCUT2D eigenvalue weighted by atomic mass is 9.86. The van der Waals surface area contributed by atoms with E-state index < -0.39 is 0 Å². The SMILES string of the molecule is CNC1C(N2CC(C)OCC2C)CCC1(C)C. The molecule has 2 rings (SSSR count). The second kappa shape index (κ2) is 4.87. The van der Waals surface area contributed by atoms with E-state index in [0.29, 0.717) is 29.6 Å². The third kappa shape index (κ3) is 2.51. The Balaban J connectivity index is 2.10. The first-order valence-corrected chi connectivity index (χ1v) is 7.00. The summed E-state index contributed by atoms with van der Waals surface area (Å²) in [4.78, 5) is 2.67. The van der Waals surface area contributed by atoms with Crippen LogP contribution in [-0.2, 0) is 4.74 Å². The van der Waals surface area contributed by atoms with Gasteiger partial charge in [0.25, 0.3) is 0 Å². The molecule has 0 bridgehead atoms. The molecule has 2 fully saturated rings. The van der Waals surface area contributed by atoms with E-state index in [4.69, 9.17) is 4.74 Å². The minimum Gasteiger partial charge on any atom is -0.376 e. The van der Waals surface area contributed by atoms with Gasteiger partial charge in [-0.3, -0.25) is 4.90 Å². The molecular weight excluding hydrogens is 212 g/mol. The van der Waals surface area contributed by atoms with E-state index in [9.17, 15) is 0 Å². The molecule has 1 aliphatic heterocycles. The molecule has 1 saturated carbocycles. The topological polar surface area (TPSA) is 24.5 Å². The van der Waals surface area contributed by atoms with Crippen LogP contribution in [0.25, 0.3) is 0 Å². The quantitative estimate of drug-likeness (QED) is 0.797. The Morgan fingerprint density at radius 2 is 2.00 bits per heavy atom. The van der Waals surface area contributed by atoms with E-state index in [1.807, 2.05) is 0 Å². The Labute approximate surface area is 106 Å². The Kier molecular flexibility index (Phi) is 3.81. The number of nitrogens with one attached hydrogen (secondary N) is 1. The van der Waals surface area contributed by atoms with Crippen molar-refractivity contribution in [1.29, 1.82) is 0 Å². The first-order valence-electron chi connectivity index (χ1n) is 7.00. The Morgan fingerprint density at radius 1 is 1.29 bits per heavy atom. The first-order chi connectivity index (χ1) is 7.95. The third-order valence-electron chi connectivity index (χ3n) is 4.70. The monoisotopic (exact) mass is 240 g/mol. The Bertz CT molecular complexity index is 267. The number of likely N-dealkylation sites (N-methyl/N-ethyl adjacent to an activating group) is 1. The van der Waals surface area contributed by atoms with Crippen LogP contribution in [0.4, 0.5) is 0 Å². The third-order valence-corrected chi connectivity index (χ3v) is 4.70. The van der Waals surface area contributed by atoms with Gasteiger partial charge in [0.2, 0.25) is 0 Å². The van der Waals surface area contributed by atoms with Gasteiger partial charge < -0.3 is 10.1 Å². The van der Waals surface area contributed by atoms with E-state index in [0.717, 1.165) is 13.2 Å². The van der Waals surface area contributed by atoms with Crippen molar-refractivity contribution in [2.24, 2.45) is 5.41 Å². The van der Waals surface area contributed by atoms with Gasteiger partial charge in [-0.2, -0.15) is 0 Å². The lowest BCUT2D eigenvalue weighted by molar-refractivity contribution is -0.0703. The molecule has 0 aromatic heterocycles. The smallest absolute Gasteiger partial charge is 0.0674 e. The van der Waals surface area contributed by atoms with Crippen LogP contribution in [0.15, 0.2) is 0 Å². The van der Waals surface area contributed by atoms with Crippen molar-refractivity contribution in [2.45, 2.75) is 64.8 Å². The summed E-state index contributed by atoms with van der Waals surface area (Å²) in [6.45, 7) is 11.2. The molecule has 0 radical (unpaired) electrons. The van der Waals surface area contributed by atoms with Crippen LogP contribution >= 0.6 is 0 Å². The predicted octanol–water partition coefficient (Wildman–Crippen LogP) is 1.87. The van der Waals surface area contributed by atoms with Crippen molar-refractivity contribution >= 4 is 0 Å². The van der Waals surface area contributed by atoms with Crippen molar-refractivity contribution in [3.8, 4) is 0 Å². The second-order valence-electron chi connectivity index (χ2n) is 6.55. The largest absolute Gasteiger partial charge is 0.376 e. The zero-order valence-corrected chi connectivity index (χ0v) is 12.0. The summed E-state index contributed by atoms with van der Waals surface area (Å²) < 4.78 is 5.74.